The number of carbonyl (C=O) groups excluding carboxylic acids is 2. The standard InChI is InChI=1S/C26H36N2O5/c1-25(2,3)33-24(30)28-17-20(16-26(28,4)5)13-14-21(22-12-9-15-31-22)27-23(29)32-18-19-10-7-6-8-11-19/h6-12,15,20-21H,13-14,16-18H2,1-5H3,(H,27,29)/t20-,21?/m0/s1. The summed E-state index contributed by atoms with van der Waals surface area (Å²) in [6.45, 7) is 10.6. The highest BCUT2D eigenvalue weighted by Gasteiger charge is 2.43. The molecule has 1 saturated heterocycles. The molecule has 2 aromatic rings. The zero-order valence-electron chi connectivity index (χ0n) is 20.3. The summed E-state index contributed by atoms with van der Waals surface area (Å²) in [7, 11) is 0. The lowest BCUT2D eigenvalue weighted by Crippen LogP contribution is -2.45. The topological polar surface area (TPSA) is 81.0 Å². The van der Waals surface area contributed by atoms with Crippen molar-refractivity contribution in [3.05, 3.63) is 60.1 Å². The van der Waals surface area contributed by atoms with E-state index in [-0.39, 0.29) is 24.3 Å². The maximum atomic E-state index is 12.7. The van der Waals surface area contributed by atoms with Gasteiger partial charge in [-0.3, -0.25) is 0 Å². The molecule has 7 heteroatoms. The summed E-state index contributed by atoms with van der Waals surface area (Å²) in [4.78, 5) is 27.0. The van der Waals surface area contributed by atoms with Crippen molar-refractivity contribution in [2.45, 2.75) is 77.7 Å². The van der Waals surface area contributed by atoms with Crippen molar-refractivity contribution in [1.29, 1.82) is 0 Å². The third-order valence-electron chi connectivity index (χ3n) is 5.83. The van der Waals surface area contributed by atoms with Crippen molar-refractivity contribution in [1.82, 2.24) is 10.2 Å². The van der Waals surface area contributed by atoms with E-state index in [0.717, 1.165) is 18.4 Å². The smallest absolute Gasteiger partial charge is 0.410 e. The van der Waals surface area contributed by atoms with Gasteiger partial charge in [-0.2, -0.15) is 0 Å². The minimum absolute atomic E-state index is 0.208. The highest BCUT2D eigenvalue weighted by molar-refractivity contribution is 5.69. The average molecular weight is 457 g/mol. The molecule has 1 fully saturated rings. The minimum Gasteiger partial charge on any atom is -0.467 e. The van der Waals surface area contributed by atoms with Gasteiger partial charge in [-0.15, -0.1) is 0 Å². The first-order valence-corrected chi connectivity index (χ1v) is 11.5. The molecule has 0 spiro atoms. The van der Waals surface area contributed by atoms with Gasteiger partial charge in [-0.25, -0.2) is 9.59 Å². The van der Waals surface area contributed by atoms with E-state index in [1.54, 1.807) is 6.26 Å². The number of amides is 2. The van der Waals surface area contributed by atoms with Gasteiger partial charge in [-0.05, 0) is 77.5 Å². The Balaban J connectivity index is 1.56. The van der Waals surface area contributed by atoms with Crippen molar-refractivity contribution in [3.8, 4) is 0 Å². The number of furan rings is 1. The van der Waals surface area contributed by atoms with Crippen LogP contribution in [0.3, 0.4) is 0 Å². The number of benzene rings is 1. The Bertz CT molecular complexity index is 903. The molecule has 0 bridgehead atoms. The Morgan fingerprint density at radius 3 is 2.55 bits per heavy atom. The second kappa shape index (κ2) is 10.3. The van der Waals surface area contributed by atoms with Crippen LogP contribution in [0.5, 0.6) is 0 Å². The number of hydrogen-bond acceptors (Lipinski definition) is 5. The summed E-state index contributed by atoms with van der Waals surface area (Å²) in [5, 5.41) is 2.94. The molecule has 1 unspecified atom stereocenters. The lowest BCUT2D eigenvalue weighted by Gasteiger charge is -2.33. The van der Waals surface area contributed by atoms with E-state index in [9.17, 15) is 9.59 Å². The summed E-state index contributed by atoms with van der Waals surface area (Å²) in [6, 6.07) is 12.9. The molecule has 33 heavy (non-hydrogen) atoms. The predicted molar refractivity (Wildman–Crippen MR) is 126 cm³/mol. The molecule has 0 radical (unpaired) electrons. The molecule has 1 aromatic carbocycles. The average Bonchev–Trinajstić information content (AvgIpc) is 3.36. The van der Waals surface area contributed by atoms with Crippen molar-refractivity contribution in [2.75, 3.05) is 6.54 Å². The molecule has 180 valence electrons. The van der Waals surface area contributed by atoms with Gasteiger partial charge in [0.1, 0.15) is 18.0 Å². The normalized spacial score (nSPS) is 18.6. The van der Waals surface area contributed by atoms with E-state index in [1.807, 2.05) is 68.1 Å². The van der Waals surface area contributed by atoms with Crippen LogP contribution in [0, 0.1) is 5.92 Å². The van der Waals surface area contributed by atoms with Crippen LogP contribution in [-0.2, 0) is 16.1 Å². The summed E-state index contributed by atoms with van der Waals surface area (Å²) >= 11 is 0. The number of carbonyl (C=O) groups is 2. The fourth-order valence-corrected chi connectivity index (χ4v) is 4.30. The lowest BCUT2D eigenvalue weighted by molar-refractivity contribution is 0.0130. The molecule has 1 aliphatic rings. The number of hydrogen-bond donors (Lipinski definition) is 1. The van der Waals surface area contributed by atoms with E-state index >= 15 is 0 Å². The number of alkyl carbamates (subject to hydrolysis) is 1. The largest absolute Gasteiger partial charge is 0.467 e. The van der Waals surface area contributed by atoms with E-state index < -0.39 is 11.7 Å². The minimum atomic E-state index is -0.528. The number of nitrogens with one attached hydrogen (secondary N) is 1. The van der Waals surface area contributed by atoms with Crippen LogP contribution in [0.2, 0.25) is 0 Å². The number of ether oxygens (including phenoxy) is 2. The molecule has 1 aromatic heterocycles. The molecule has 2 amide bonds. The molecule has 3 rings (SSSR count). The summed E-state index contributed by atoms with van der Waals surface area (Å²) < 4.78 is 16.6. The van der Waals surface area contributed by atoms with Gasteiger partial charge < -0.3 is 24.1 Å². The fraction of sp³-hybridized carbons (Fsp3) is 0.538. The van der Waals surface area contributed by atoms with Crippen molar-refractivity contribution < 1.29 is 23.5 Å². The number of rotatable bonds is 7. The van der Waals surface area contributed by atoms with Gasteiger partial charge in [0.2, 0.25) is 0 Å². The summed E-state index contributed by atoms with van der Waals surface area (Å²) in [5.41, 5.74) is 0.118. The molecule has 2 heterocycles. The second-order valence-electron chi connectivity index (χ2n) is 10.3. The first-order chi connectivity index (χ1) is 15.5. The fourth-order valence-electron chi connectivity index (χ4n) is 4.30. The monoisotopic (exact) mass is 456 g/mol. The highest BCUT2D eigenvalue weighted by atomic mass is 16.6. The summed E-state index contributed by atoms with van der Waals surface area (Å²) in [6.07, 6.45) is 3.21. The second-order valence-corrected chi connectivity index (χ2v) is 10.3. The van der Waals surface area contributed by atoms with Gasteiger partial charge in [0.25, 0.3) is 0 Å². The Hall–Kier alpha value is -2.96. The Labute approximate surface area is 196 Å². The SMILES string of the molecule is CC(C)(C)OC(=O)N1C[C@@H](CCC(NC(=O)OCc2ccccc2)c2ccco2)CC1(C)C. The Morgan fingerprint density at radius 2 is 1.91 bits per heavy atom. The van der Waals surface area contributed by atoms with Gasteiger partial charge >= 0.3 is 12.2 Å². The van der Waals surface area contributed by atoms with E-state index in [2.05, 4.69) is 19.2 Å². The first kappa shape index (κ1) is 24.7. The molecule has 1 aliphatic heterocycles. The van der Waals surface area contributed by atoms with Gasteiger partial charge in [-0.1, -0.05) is 30.3 Å². The maximum absolute atomic E-state index is 12.7. The lowest BCUT2D eigenvalue weighted by atomic mass is 9.91. The molecule has 1 N–H and O–H groups in total. The summed E-state index contributed by atoms with van der Waals surface area (Å²) in [5.74, 6) is 0.986. The Kier molecular flexibility index (Phi) is 7.72. The van der Waals surface area contributed by atoms with Crippen molar-refractivity contribution in [3.63, 3.8) is 0 Å². The quantitative estimate of drug-likeness (QED) is 0.547. The molecule has 0 saturated carbocycles. The highest BCUT2D eigenvalue weighted by Crippen LogP contribution is 2.37. The van der Waals surface area contributed by atoms with Crippen molar-refractivity contribution >= 4 is 12.2 Å². The van der Waals surface area contributed by atoms with Crippen LogP contribution >= 0.6 is 0 Å². The third kappa shape index (κ3) is 7.27. The van der Waals surface area contributed by atoms with Gasteiger partial charge in [0, 0.05) is 12.1 Å². The molecular weight excluding hydrogens is 420 g/mol. The first-order valence-electron chi connectivity index (χ1n) is 11.5. The van der Waals surface area contributed by atoms with E-state index in [0.29, 0.717) is 24.6 Å². The van der Waals surface area contributed by atoms with Crippen molar-refractivity contribution in [2.24, 2.45) is 5.92 Å². The van der Waals surface area contributed by atoms with Crippen LogP contribution in [-0.4, -0.2) is 34.8 Å². The number of likely N-dealkylation sites (tertiary alicyclic amines) is 1. The molecule has 0 aliphatic carbocycles. The van der Waals surface area contributed by atoms with Gasteiger partial charge in [0.05, 0.1) is 12.3 Å². The zero-order valence-corrected chi connectivity index (χ0v) is 20.3. The predicted octanol–water partition coefficient (Wildman–Crippen LogP) is 6.06. The zero-order chi connectivity index (χ0) is 24.1. The third-order valence-corrected chi connectivity index (χ3v) is 5.83. The molecule has 2 atom stereocenters. The van der Waals surface area contributed by atoms with Crippen LogP contribution in [0.25, 0.3) is 0 Å². The van der Waals surface area contributed by atoms with E-state index in [4.69, 9.17) is 13.9 Å². The van der Waals surface area contributed by atoms with Crippen LogP contribution in [0.1, 0.15) is 71.2 Å². The molecular formula is C26H36N2O5. The van der Waals surface area contributed by atoms with Crippen LogP contribution in [0.4, 0.5) is 9.59 Å². The number of nitrogens with zero attached hydrogens (tertiary/aromatic N) is 1. The molecule has 7 nitrogen and oxygen atoms in total. The Morgan fingerprint density at radius 1 is 1.18 bits per heavy atom. The van der Waals surface area contributed by atoms with E-state index in [1.165, 1.54) is 0 Å². The van der Waals surface area contributed by atoms with Crippen LogP contribution < -0.4 is 5.32 Å². The van der Waals surface area contributed by atoms with Gasteiger partial charge in [0.15, 0.2) is 0 Å². The van der Waals surface area contributed by atoms with Crippen LogP contribution in [0.15, 0.2) is 53.1 Å². The maximum Gasteiger partial charge on any atom is 0.410 e.